The zero-order chi connectivity index (χ0) is 11.5. The van der Waals surface area contributed by atoms with Crippen molar-refractivity contribution < 1.29 is 5.11 Å². The molecule has 1 aliphatic heterocycles. The first-order valence-electron chi connectivity index (χ1n) is 6.00. The fourth-order valence-corrected chi connectivity index (χ4v) is 2.58. The topological polar surface area (TPSA) is 35.5 Å². The molecule has 0 amide bonds. The largest absolute Gasteiger partial charge is 0.508 e. The quantitative estimate of drug-likeness (QED) is 0.811. The molecule has 3 heteroatoms. The predicted octanol–water partition coefficient (Wildman–Crippen LogP) is 1.75. The molecule has 0 aromatic heterocycles. The van der Waals surface area contributed by atoms with E-state index >= 15 is 0 Å². The lowest BCUT2D eigenvalue weighted by atomic mass is 10.1. The minimum atomic E-state index is 0.447. The molecule has 0 bridgehead atoms. The maximum atomic E-state index is 9.85. The maximum Gasteiger partial charge on any atom is 0.120 e. The van der Waals surface area contributed by atoms with Gasteiger partial charge in [0.05, 0.1) is 0 Å². The molecule has 1 aromatic carbocycles. The second-order valence-electron chi connectivity index (χ2n) is 4.31. The standard InChI is InChI=1S/C13H20N2O/c1-3-15-10(7-8-14-2)9-11-12(15)5-4-6-13(11)16/h4-6,10,14,16H,3,7-9H2,1-2H3. The third-order valence-electron chi connectivity index (χ3n) is 3.38. The first-order valence-corrected chi connectivity index (χ1v) is 6.00. The highest BCUT2D eigenvalue weighted by Gasteiger charge is 2.29. The van der Waals surface area contributed by atoms with Crippen LogP contribution < -0.4 is 10.2 Å². The molecule has 0 saturated carbocycles. The number of phenols is 1. The number of hydrogen-bond acceptors (Lipinski definition) is 3. The van der Waals surface area contributed by atoms with Crippen LogP contribution in [0.4, 0.5) is 5.69 Å². The zero-order valence-corrected chi connectivity index (χ0v) is 10.0. The van der Waals surface area contributed by atoms with E-state index in [2.05, 4.69) is 23.2 Å². The number of rotatable bonds is 4. The highest BCUT2D eigenvalue weighted by molar-refractivity contribution is 5.64. The molecule has 2 N–H and O–H groups in total. The van der Waals surface area contributed by atoms with Crippen LogP contribution in [0.1, 0.15) is 18.9 Å². The summed E-state index contributed by atoms with van der Waals surface area (Å²) in [5, 5.41) is 13.0. The molecular weight excluding hydrogens is 200 g/mol. The van der Waals surface area contributed by atoms with Crippen molar-refractivity contribution in [1.29, 1.82) is 0 Å². The summed E-state index contributed by atoms with van der Waals surface area (Å²) in [6, 6.07) is 6.35. The average Bonchev–Trinajstić information content (AvgIpc) is 2.65. The number of likely N-dealkylation sites (N-methyl/N-ethyl adjacent to an activating group) is 1. The summed E-state index contributed by atoms with van der Waals surface area (Å²) in [5.74, 6) is 0.447. The van der Waals surface area contributed by atoms with Crippen LogP contribution in [0.3, 0.4) is 0 Å². The van der Waals surface area contributed by atoms with Gasteiger partial charge >= 0.3 is 0 Å². The number of nitrogens with zero attached hydrogens (tertiary/aromatic N) is 1. The molecule has 0 saturated heterocycles. The van der Waals surface area contributed by atoms with Gasteiger partial charge in [0, 0.05) is 23.8 Å². The lowest BCUT2D eigenvalue weighted by Gasteiger charge is -2.26. The van der Waals surface area contributed by atoms with E-state index < -0.39 is 0 Å². The van der Waals surface area contributed by atoms with Crippen LogP contribution in [0.15, 0.2) is 18.2 Å². The van der Waals surface area contributed by atoms with Gasteiger partial charge in [-0.15, -0.1) is 0 Å². The van der Waals surface area contributed by atoms with Crippen molar-refractivity contribution in [3.05, 3.63) is 23.8 Å². The number of anilines is 1. The fourth-order valence-electron chi connectivity index (χ4n) is 2.58. The third-order valence-corrected chi connectivity index (χ3v) is 3.38. The Morgan fingerprint density at radius 2 is 2.31 bits per heavy atom. The Labute approximate surface area is 97.1 Å². The van der Waals surface area contributed by atoms with Gasteiger partial charge in [-0.25, -0.2) is 0 Å². The van der Waals surface area contributed by atoms with Gasteiger partial charge in [-0.1, -0.05) is 6.07 Å². The van der Waals surface area contributed by atoms with Crippen molar-refractivity contribution in [1.82, 2.24) is 5.32 Å². The minimum Gasteiger partial charge on any atom is -0.508 e. The monoisotopic (exact) mass is 220 g/mol. The Morgan fingerprint density at radius 1 is 1.50 bits per heavy atom. The summed E-state index contributed by atoms with van der Waals surface area (Å²) in [4.78, 5) is 2.40. The third kappa shape index (κ3) is 1.87. The summed E-state index contributed by atoms with van der Waals surface area (Å²) in [6.45, 7) is 4.20. The first-order chi connectivity index (χ1) is 7.77. The summed E-state index contributed by atoms with van der Waals surface area (Å²) >= 11 is 0. The van der Waals surface area contributed by atoms with Crippen molar-refractivity contribution in [2.75, 3.05) is 25.0 Å². The number of nitrogens with one attached hydrogen (secondary N) is 1. The normalized spacial score (nSPS) is 18.9. The zero-order valence-electron chi connectivity index (χ0n) is 10.0. The van der Waals surface area contributed by atoms with Gasteiger partial charge in [0.15, 0.2) is 0 Å². The van der Waals surface area contributed by atoms with Crippen molar-refractivity contribution in [2.24, 2.45) is 0 Å². The molecule has 2 rings (SSSR count). The molecule has 1 atom stereocenters. The van der Waals surface area contributed by atoms with E-state index in [9.17, 15) is 5.11 Å². The van der Waals surface area contributed by atoms with Crippen LogP contribution in [0, 0.1) is 0 Å². The van der Waals surface area contributed by atoms with Crippen molar-refractivity contribution in [3.63, 3.8) is 0 Å². The van der Waals surface area contributed by atoms with Gasteiger partial charge in [-0.2, -0.15) is 0 Å². The van der Waals surface area contributed by atoms with Crippen LogP contribution in [0.5, 0.6) is 5.75 Å². The molecule has 1 unspecified atom stereocenters. The van der Waals surface area contributed by atoms with Crippen LogP contribution in [0.25, 0.3) is 0 Å². The van der Waals surface area contributed by atoms with E-state index in [-0.39, 0.29) is 0 Å². The van der Waals surface area contributed by atoms with Crippen molar-refractivity contribution in [3.8, 4) is 5.75 Å². The smallest absolute Gasteiger partial charge is 0.120 e. The predicted molar refractivity (Wildman–Crippen MR) is 67.2 cm³/mol. The summed E-state index contributed by atoms with van der Waals surface area (Å²) in [6.07, 6.45) is 2.09. The van der Waals surface area contributed by atoms with E-state index in [4.69, 9.17) is 0 Å². The van der Waals surface area contributed by atoms with Crippen LogP contribution in [-0.2, 0) is 6.42 Å². The van der Waals surface area contributed by atoms with Crippen LogP contribution >= 0.6 is 0 Å². The molecule has 88 valence electrons. The average molecular weight is 220 g/mol. The van der Waals surface area contributed by atoms with Gasteiger partial charge in [0.25, 0.3) is 0 Å². The van der Waals surface area contributed by atoms with E-state index in [1.165, 1.54) is 5.69 Å². The van der Waals surface area contributed by atoms with Crippen LogP contribution in [-0.4, -0.2) is 31.3 Å². The molecule has 0 spiro atoms. The molecule has 3 nitrogen and oxygen atoms in total. The van der Waals surface area contributed by atoms with Crippen molar-refractivity contribution in [2.45, 2.75) is 25.8 Å². The molecule has 0 fully saturated rings. The molecule has 1 heterocycles. The molecule has 16 heavy (non-hydrogen) atoms. The summed E-state index contributed by atoms with van der Waals surface area (Å²) in [5.41, 5.74) is 2.33. The lowest BCUT2D eigenvalue weighted by molar-refractivity contribution is 0.467. The molecule has 1 aliphatic rings. The number of phenolic OH excluding ortho intramolecular Hbond substituents is 1. The van der Waals surface area contributed by atoms with E-state index in [0.29, 0.717) is 11.8 Å². The van der Waals surface area contributed by atoms with Gasteiger partial charge < -0.3 is 15.3 Å². The Bertz CT molecular complexity index is 365. The Morgan fingerprint density at radius 3 is 3.00 bits per heavy atom. The highest BCUT2D eigenvalue weighted by atomic mass is 16.3. The number of aromatic hydroxyl groups is 1. The van der Waals surface area contributed by atoms with E-state index in [1.54, 1.807) is 6.07 Å². The van der Waals surface area contributed by atoms with Gasteiger partial charge in [-0.05, 0) is 45.5 Å². The SMILES string of the molecule is CCN1c2cccc(O)c2CC1CCNC. The Balaban J connectivity index is 2.22. The summed E-state index contributed by atoms with van der Waals surface area (Å²) < 4.78 is 0. The number of hydrogen-bond donors (Lipinski definition) is 2. The Kier molecular flexibility index (Phi) is 3.34. The molecule has 0 aliphatic carbocycles. The van der Waals surface area contributed by atoms with Gasteiger partial charge in [0.1, 0.15) is 5.75 Å². The van der Waals surface area contributed by atoms with E-state index in [0.717, 1.165) is 31.5 Å². The second kappa shape index (κ2) is 4.74. The maximum absolute atomic E-state index is 9.85. The van der Waals surface area contributed by atoms with Crippen LogP contribution in [0.2, 0.25) is 0 Å². The fraction of sp³-hybridized carbons (Fsp3) is 0.538. The molecular formula is C13H20N2O. The van der Waals surface area contributed by atoms with Gasteiger partial charge in [0.2, 0.25) is 0 Å². The molecule has 0 radical (unpaired) electrons. The van der Waals surface area contributed by atoms with E-state index in [1.807, 2.05) is 13.1 Å². The summed E-state index contributed by atoms with van der Waals surface area (Å²) in [7, 11) is 1.98. The number of fused-ring (bicyclic) bond motifs is 1. The first kappa shape index (κ1) is 11.3. The minimum absolute atomic E-state index is 0.447. The Hall–Kier alpha value is -1.22. The van der Waals surface area contributed by atoms with Gasteiger partial charge in [-0.3, -0.25) is 0 Å². The molecule has 1 aromatic rings. The van der Waals surface area contributed by atoms with Crippen molar-refractivity contribution >= 4 is 5.69 Å². The lowest BCUT2D eigenvalue weighted by Crippen LogP contribution is -2.33. The second-order valence-corrected chi connectivity index (χ2v) is 4.31. The number of benzene rings is 1. The highest BCUT2D eigenvalue weighted by Crippen LogP contribution is 2.38.